The molecule has 7 nitrogen and oxygen atoms in total. The van der Waals surface area contributed by atoms with Crippen LogP contribution in [0.1, 0.15) is 16.7 Å². The Morgan fingerprint density at radius 2 is 1.85 bits per heavy atom. The van der Waals surface area contributed by atoms with Crippen LogP contribution in [0.4, 0.5) is 5.95 Å². The van der Waals surface area contributed by atoms with Crippen molar-refractivity contribution in [1.82, 2.24) is 29.5 Å². The zero-order chi connectivity index (χ0) is 18.2. The van der Waals surface area contributed by atoms with E-state index in [4.69, 9.17) is 10.7 Å². The molecule has 0 radical (unpaired) electrons. The first-order valence-corrected chi connectivity index (χ1v) is 8.97. The normalized spacial score (nSPS) is 14.4. The first-order chi connectivity index (χ1) is 13.3. The minimum atomic E-state index is 0.338. The highest BCUT2D eigenvalue weighted by atomic mass is 15.3. The molecule has 4 heterocycles. The second kappa shape index (κ2) is 6.44. The van der Waals surface area contributed by atoms with Crippen LogP contribution in [0.25, 0.3) is 17.0 Å². The Bertz CT molecular complexity index is 1100. The molecule has 0 fully saturated rings. The van der Waals surface area contributed by atoms with Crippen LogP contribution in [0.2, 0.25) is 0 Å². The van der Waals surface area contributed by atoms with E-state index in [9.17, 15) is 0 Å². The standard InChI is InChI=1S/C20H19N7/c21-20-23-11-17(13-26-10-7-14-3-1-2-4-16(14)12-26)19-24-18(25-27(19)20)15-5-8-22-9-6-15/h1-6,8-9,11H,7,10,12-13H2,(H2,21,23). The third kappa shape index (κ3) is 2.92. The molecule has 7 heteroatoms. The highest BCUT2D eigenvalue weighted by Gasteiger charge is 2.19. The first kappa shape index (κ1) is 15.9. The fourth-order valence-electron chi connectivity index (χ4n) is 3.60. The number of anilines is 1. The number of fused-ring (bicyclic) bond motifs is 2. The molecule has 0 saturated heterocycles. The maximum Gasteiger partial charge on any atom is 0.223 e. The monoisotopic (exact) mass is 357 g/mol. The maximum atomic E-state index is 6.04. The summed E-state index contributed by atoms with van der Waals surface area (Å²) in [7, 11) is 0. The first-order valence-electron chi connectivity index (χ1n) is 8.97. The van der Waals surface area contributed by atoms with E-state index in [1.807, 2.05) is 18.3 Å². The molecule has 1 aliphatic heterocycles. The Labute approximate surface area is 156 Å². The van der Waals surface area contributed by atoms with Gasteiger partial charge in [0.25, 0.3) is 0 Å². The zero-order valence-electron chi connectivity index (χ0n) is 14.8. The van der Waals surface area contributed by atoms with Crippen molar-refractivity contribution in [3.63, 3.8) is 0 Å². The lowest BCUT2D eigenvalue weighted by molar-refractivity contribution is 0.246. The molecule has 0 bridgehead atoms. The molecular formula is C20H19N7. The van der Waals surface area contributed by atoms with Gasteiger partial charge in [-0.2, -0.15) is 4.52 Å². The smallest absolute Gasteiger partial charge is 0.223 e. The molecule has 1 aromatic carbocycles. The lowest BCUT2D eigenvalue weighted by Gasteiger charge is -2.28. The fourth-order valence-corrected chi connectivity index (χ4v) is 3.60. The van der Waals surface area contributed by atoms with E-state index in [1.54, 1.807) is 16.9 Å². The van der Waals surface area contributed by atoms with Crippen molar-refractivity contribution >= 4 is 11.6 Å². The summed E-state index contributed by atoms with van der Waals surface area (Å²) in [6.07, 6.45) is 6.34. The molecule has 0 saturated carbocycles. The second-order valence-electron chi connectivity index (χ2n) is 6.78. The number of nitrogen functional groups attached to an aromatic ring is 1. The van der Waals surface area contributed by atoms with Crippen molar-refractivity contribution < 1.29 is 0 Å². The van der Waals surface area contributed by atoms with E-state index in [2.05, 4.69) is 44.2 Å². The Morgan fingerprint density at radius 1 is 1.04 bits per heavy atom. The number of nitrogens with two attached hydrogens (primary N) is 1. The summed E-state index contributed by atoms with van der Waals surface area (Å²) in [4.78, 5) is 15.5. The van der Waals surface area contributed by atoms with Gasteiger partial charge < -0.3 is 5.73 Å². The average molecular weight is 357 g/mol. The number of rotatable bonds is 3. The fraction of sp³-hybridized carbons (Fsp3) is 0.200. The van der Waals surface area contributed by atoms with Crippen LogP contribution < -0.4 is 5.73 Å². The largest absolute Gasteiger partial charge is 0.368 e. The van der Waals surface area contributed by atoms with Gasteiger partial charge in [0.05, 0.1) is 0 Å². The summed E-state index contributed by atoms with van der Waals surface area (Å²) < 4.78 is 1.63. The number of benzene rings is 1. The van der Waals surface area contributed by atoms with E-state index >= 15 is 0 Å². The highest BCUT2D eigenvalue weighted by Crippen LogP contribution is 2.23. The van der Waals surface area contributed by atoms with E-state index < -0.39 is 0 Å². The van der Waals surface area contributed by atoms with Gasteiger partial charge in [-0.05, 0) is 29.7 Å². The van der Waals surface area contributed by atoms with Gasteiger partial charge in [0.2, 0.25) is 5.95 Å². The summed E-state index contributed by atoms with van der Waals surface area (Å²) in [6.45, 7) is 2.70. The Morgan fingerprint density at radius 3 is 2.70 bits per heavy atom. The lowest BCUT2D eigenvalue weighted by atomic mass is 10.00. The number of hydrogen-bond donors (Lipinski definition) is 1. The molecule has 4 aromatic rings. The van der Waals surface area contributed by atoms with Crippen LogP contribution >= 0.6 is 0 Å². The third-order valence-electron chi connectivity index (χ3n) is 5.01. The van der Waals surface area contributed by atoms with E-state index in [-0.39, 0.29) is 0 Å². The predicted octanol–water partition coefficient (Wildman–Crippen LogP) is 2.33. The van der Waals surface area contributed by atoms with Gasteiger partial charge in [0, 0.05) is 49.4 Å². The minimum Gasteiger partial charge on any atom is -0.368 e. The Balaban J connectivity index is 1.49. The van der Waals surface area contributed by atoms with E-state index in [0.29, 0.717) is 11.8 Å². The second-order valence-corrected chi connectivity index (χ2v) is 6.78. The molecule has 0 spiro atoms. The summed E-state index contributed by atoms with van der Waals surface area (Å²) in [6, 6.07) is 12.4. The van der Waals surface area contributed by atoms with Gasteiger partial charge in [-0.25, -0.2) is 9.97 Å². The topological polar surface area (TPSA) is 85.2 Å². The van der Waals surface area contributed by atoms with Gasteiger partial charge in [-0.15, -0.1) is 5.10 Å². The maximum absolute atomic E-state index is 6.04. The van der Waals surface area contributed by atoms with Crippen molar-refractivity contribution in [2.45, 2.75) is 19.5 Å². The van der Waals surface area contributed by atoms with Crippen molar-refractivity contribution in [3.8, 4) is 11.4 Å². The van der Waals surface area contributed by atoms with Gasteiger partial charge in [0.15, 0.2) is 11.5 Å². The van der Waals surface area contributed by atoms with E-state index in [0.717, 1.165) is 42.8 Å². The number of hydrogen-bond acceptors (Lipinski definition) is 6. The summed E-state index contributed by atoms with van der Waals surface area (Å²) in [5.74, 6) is 0.966. The Hall–Kier alpha value is -3.32. The van der Waals surface area contributed by atoms with Gasteiger partial charge >= 0.3 is 0 Å². The summed E-state index contributed by atoms with van der Waals surface area (Å²) >= 11 is 0. The van der Waals surface area contributed by atoms with Crippen LogP contribution in [-0.4, -0.2) is 36.0 Å². The van der Waals surface area contributed by atoms with Crippen LogP contribution in [0, 0.1) is 0 Å². The average Bonchev–Trinajstić information content (AvgIpc) is 3.17. The molecule has 27 heavy (non-hydrogen) atoms. The van der Waals surface area contributed by atoms with Crippen LogP contribution in [-0.2, 0) is 19.5 Å². The van der Waals surface area contributed by atoms with Crippen molar-refractivity contribution in [1.29, 1.82) is 0 Å². The number of nitrogens with zero attached hydrogens (tertiary/aromatic N) is 6. The Kier molecular flexibility index (Phi) is 3.79. The van der Waals surface area contributed by atoms with E-state index in [1.165, 1.54) is 11.1 Å². The van der Waals surface area contributed by atoms with Gasteiger partial charge in [-0.1, -0.05) is 24.3 Å². The van der Waals surface area contributed by atoms with Crippen LogP contribution in [0.3, 0.4) is 0 Å². The SMILES string of the molecule is Nc1ncc(CN2CCc3ccccc3C2)c2nc(-c3ccncc3)nn12. The lowest BCUT2D eigenvalue weighted by Crippen LogP contribution is -2.30. The van der Waals surface area contributed by atoms with Gasteiger partial charge in [-0.3, -0.25) is 9.88 Å². The highest BCUT2D eigenvalue weighted by molar-refractivity contribution is 5.60. The van der Waals surface area contributed by atoms with Crippen molar-refractivity contribution in [2.24, 2.45) is 0 Å². The molecule has 1 aliphatic rings. The quantitative estimate of drug-likeness (QED) is 0.606. The number of pyridine rings is 1. The minimum absolute atomic E-state index is 0.338. The molecule has 0 atom stereocenters. The van der Waals surface area contributed by atoms with Crippen LogP contribution in [0.15, 0.2) is 55.0 Å². The summed E-state index contributed by atoms with van der Waals surface area (Å²) in [5, 5.41) is 4.54. The molecule has 2 N–H and O–H groups in total. The number of aromatic nitrogens is 5. The molecular weight excluding hydrogens is 338 g/mol. The predicted molar refractivity (Wildman–Crippen MR) is 103 cm³/mol. The van der Waals surface area contributed by atoms with Gasteiger partial charge in [0.1, 0.15) is 0 Å². The molecule has 0 amide bonds. The summed E-state index contributed by atoms with van der Waals surface area (Å²) in [5.41, 5.74) is 11.6. The molecule has 3 aromatic heterocycles. The van der Waals surface area contributed by atoms with Crippen molar-refractivity contribution in [2.75, 3.05) is 12.3 Å². The molecule has 0 aliphatic carbocycles. The molecule has 134 valence electrons. The van der Waals surface area contributed by atoms with Crippen molar-refractivity contribution in [3.05, 3.63) is 71.7 Å². The molecule has 0 unspecified atom stereocenters. The zero-order valence-corrected chi connectivity index (χ0v) is 14.8. The third-order valence-corrected chi connectivity index (χ3v) is 5.01. The van der Waals surface area contributed by atoms with Crippen LogP contribution in [0.5, 0.6) is 0 Å². The molecule has 5 rings (SSSR count).